The maximum absolute atomic E-state index is 4.25. The molecular formula is C54H41N3. The van der Waals surface area contributed by atoms with Crippen LogP contribution in [0.25, 0.3) is 88.1 Å². The van der Waals surface area contributed by atoms with Crippen LogP contribution in [-0.4, -0.2) is 9.97 Å². The minimum Gasteiger partial charge on any atom is -0.355 e. The molecule has 12 rings (SSSR count). The number of rotatable bonds is 4. The normalized spacial score (nSPS) is 12.8. The summed E-state index contributed by atoms with van der Waals surface area (Å²) in [6, 6.07) is 49.1. The number of H-pyrrole nitrogens is 2. The van der Waals surface area contributed by atoms with Crippen LogP contribution in [0.3, 0.4) is 0 Å². The maximum atomic E-state index is 4.25. The van der Waals surface area contributed by atoms with E-state index < -0.39 is 0 Å². The summed E-state index contributed by atoms with van der Waals surface area (Å²) >= 11 is 0. The van der Waals surface area contributed by atoms with Gasteiger partial charge in [-0.15, -0.1) is 0 Å². The summed E-state index contributed by atoms with van der Waals surface area (Å²) in [5, 5.41) is 9.33. The van der Waals surface area contributed by atoms with E-state index in [2.05, 4.69) is 176 Å². The number of anilines is 2. The van der Waals surface area contributed by atoms with E-state index in [0.717, 1.165) is 12.8 Å². The highest BCUT2D eigenvalue weighted by Gasteiger charge is 2.33. The maximum Gasteiger partial charge on any atom is 0.0544 e. The molecule has 0 spiro atoms. The van der Waals surface area contributed by atoms with Gasteiger partial charge in [0.15, 0.2) is 0 Å². The van der Waals surface area contributed by atoms with Crippen molar-refractivity contribution in [3.8, 4) is 44.5 Å². The van der Waals surface area contributed by atoms with Crippen molar-refractivity contribution >= 4 is 55.0 Å². The standard InChI is InChI=1S/C54H41N3/c1-29-31(3)51(43-27-33-15-5-7-17-35(33)49(43)47(29)41-23-13-21-39-37-19-9-11-25-45(37)55-53(39)41)57-52-32(4)30(2)48(50-36-18-8-6-16-34(36)28-44(50)52)42-24-14-22-40-38-20-10-12-26-46(38)56-54(40)42/h5-26,55-57H,27-28H2,1-4H3. The van der Waals surface area contributed by atoms with Gasteiger partial charge in [-0.25, -0.2) is 0 Å². The van der Waals surface area contributed by atoms with Crippen LogP contribution in [0, 0.1) is 27.7 Å². The largest absolute Gasteiger partial charge is 0.355 e. The van der Waals surface area contributed by atoms with Crippen molar-refractivity contribution in [1.29, 1.82) is 0 Å². The van der Waals surface area contributed by atoms with Gasteiger partial charge < -0.3 is 15.3 Å². The van der Waals surface area contributed by atoms with Crippen molar-refractivity contribution in [3.05, 3.63) is 178 Å². The van der Waals surface area contributed by atoms with Crippen molar-refractivity contribution in [2.75, 3.05) is 5.32 Å². The van der Waals surface area contributed by atoms with E-state index in [1.165, 1.54) is 144 Å². The first-order chi connectivity index (χ1) is 28.0. The monoisotopic (exact) mass is 731 g/mol. The average Bonchev–Trinajstić information content (AvgIpc) is 4.02. The molecule has 10 aromatic rings. The fourth-order valence-corrected chi connectivity index (χ4v) is 10.6. The van der Waals surface area contributed by atoms with Crippen LogP contribution in [-0.2, 0) is 12.8 Å². The molecule has 0 unspecified atom stereocenters. The molecule has 0 radical (unpaired) electrons. The van der Waals surface area contributed by atoms with Gasteiger partial charge in [0.1, 0.15) is 0 Å². The topological polar surface area (TPSA) is 43.6 Å². The van der Waals surface area contributed by atoms with E-state index in [1.54, 1.807) is 0 Å². The summed E-state index contributed by atoms with van der Waals surface area (Å²) in [5.41, 5.74) is 28.6. The molecule has 0 amide bonds. The molecule has 0 atom stereocenters. The van der Waals surface area contributed by atoms with Crippen LogP contribution in [0.5, 0.6) is 0 Å². The third-order valence-corrected chi connectivity index (χ3v) is 13.5. The molecule has 2 aliphatic rings. The highest BCUT2D eigenvalue weighted by Crippen LogP contribution is 2.55. The van der Waals surface area contributed by atoms with E-state index in [9.17, 15) is 0 Å². The minimum absolute atomic E-state index is 0.894. The van der Waals surface area contributed by atoms with Gasteiger partial charge in [-0.3, -0.25) is 0 Å². The lowest BCUT2D eigenvalue weighted by molar-refractivity contribution is 1.20. The van der Waals surface area contributed by atoms with Crippen molar-refractivity contribution in [2.45, 2.75) is 40.5 Å². The second-order valence-electron chi connectivity index (χ2n) is 16.3. The van der Waals surface area contributed by atoms with Gasteiger partial charge >= 0.3 is 0 Å². The van der Waals surface area contributed by atoms with Gasteiger partial charge in [-0.05, 0) is 118 Å². The first kappa shape index (κ1) is 32.4. The molecule has 2 heterocycles. The number of hydrogen-bond acceptors (Lipinski definition) is 1. The molecule has 2 aromatic heterocycles. The minimum atomic E-state index is 0.894. The summed E-state index contributed by atoms with van der Waals surface area (Å²) in [6.45, 7) is 9.33. The summed E-state index contributed by atoms with van der Waals surface area (Å²) in [5.74, 6) is 0. The van der Waals surface area contributed by atoms with Gasteiger partial charge in [0.2, 0.25) is 0 Å². The summed E-state index contributed by atoms with van der Waals surface area (Å²) in [7, 11) is 0. The van der Waals surface area contributed by atoms with Crippen LogP contribution in [0.15, 0.2) is 133 Å². The second-order valence-corrected chi connectivity index (χ2v) is 16.3. The van der Waals surface area contributed by atoms with Crippen LogP contribution in [0.1, 0.15) is 44.5 Å². The summed E-state index contributed by atoms with van der Waals surface area (Å²) in [6.07, 6.45) is 1.79. The highest BCUT2D eigenvalue weighted by molar-refractivity contribution is 6.15. The zero-order chi connectivity index (χ0) is 38.1. The van der Waals surface area contributed by atoms with Crippen LogP contribution in [0.2, 0.25) is 0 Å². The number of benzene rings is 8. The van der Waals surface area contributed by atoms with Crippen LogP contribution >= 0.6 is 0 Å². The number of nitrogens with one attached hydrogen (secondary N) is 3. The number of para-hydroxylation sites is 4. The Morgan fingerprint density at radius 3 is 1.23 bits per heavy atom. The Labute approximate surface area is 332 Å². The van der Waals surface area contributed by atoms with Crippen LogP contribution in [0.4, 0.5) is 11.4 Å². The first-order valence-electron chi connectivity index (χ1n) is 20.2. The summed E-state index contributed by atoms with van der Waals surface area (Å²) < 4.78 is 0. The smallest absolute Gasteiger partial charge is 0.0544 e. The first-order valence-corrected chi connectivity index (χ1v) is 20.2. The van der Waals surface area contributed by atoms with Crippen molar-refractivity contribution < 1.29 is 0 Å². The van der Waals surface area contributed by atoms with Gasteiger partial charge in [0.25, 0.3) is 0 Å². The molecule has 0 saturated heterocycles. The average molecular weight is 732 g/mol. The highest BCUT2D eigenvalue weighted by atomic mass is 14.9. The number of hydrogen-bond donors (Lipinski definition) is 3. The molecule has 3 N–H and O–H groups in total. The molecule has 3 nitrogen and oxygen atoms in total. The van der Waals surface area contributed by atoms with E-state index in [1.807, 2.05) is 0 Å². The Kier molecular flexibility index (Phi) is 6.73. The quantitative estimate of drug-likeness (QED) is 0.166. The molecule has 0 aliphatic heterocycles. The predicted molar refractivity (Wildman–Crippen MR) is 241 cm³/mol. The fourth-order valence-electron chi connectivity index (χ4n) is 10.6. The van der Waals surface area contributed by atoms with E-state index in [0.29, 0.717) is 0 Å². The van der Waals surface area contributed by atoms with E-state index >= 15 is 0 Å². The zero-order valence-corrected chi connectivity index (χ0v) is 32.6. The molecule has 0 saturated carbocycles. The number of fused-ring (bicyclic) bond motifs is 12. The Bertz CT molecular complexity index is 3150. The Balaban J connectivity index is 1.11. The lowest BCUT2D eigenvalue weighted by Crippen LogP contribution is -2.08. The lowest BCUT2D eigenvalue weighted by Gasteiger charge is -2.26. The van der Waals surface area contributed by atoms with Crippen molar-refractivity contribution in [1.82, 2.24) is 9.97 Å². The summed E-state index contributed by atoms with van der Waals surface area (Å²) in [4.78, 5) is 7.66. The van der Waals surface area contributed by atoms with Gasteiger partial charge in [0.05, 0.1) is 11.0 Å². The van der Waals surface area contributed by atoms with Crippen LogP contribution < -0.4 is 5.32 Å². The number of aromatic amines is 2. The van der Waals surface area contributed by atoms with E-state index in [-0.39, 0.29) is 0 Å². The SMILES string of the molecule is Cc1c(C)c(-c2cccc3c2[nH]c2ccccc23)c2c(c1Nc1c(C)c(C)c(-c3cccc4c3[nH]c3ccccc34)c3c1Cc1ccccc1-3)Cc1ccccc1-2. The molecule has 0 bridgehead atoms. The Hall–Kier alpha value is -6.84. The number of aromatic nitrogens is 2. The van der Waals surface area contributed by atoms with Gasteiger partial charge in [0, 0.05) is 67.9 Å². The molecule has 272 valence electrons. The Morgan fingerprint density at radius 1 is 0.368 bits per heavy atom. The van der Waals surface area contributed by atoms with Crippen molar-refractivity contribution in [3.63, 3.8) is 0 Å². The molecule has 8 aromatic carbocycles. The molecule has 57 heavy (non-hydrogen) atoms. The predicted octanol–water partition coefficient (Wildman–Crippen LogP) is 14.4. The second kappa shape index (κ2) is 11.8. The van der Waals surface area contributed by atoms with Crippen molar-refractivity contribution in [2.24, 2.45) is 0 Å². The lowest BCUT2D eigenvalue weighted by atomic mass is 9.84. The van der Waals surface area contributed by atoms with Gasteiger partial charge in [-0.2, -0.15) is 0 Å². The molecular weight excluding hydrogens is 691 g/mol. The van der Waals surface area contributed by atoms with Gasteiger partial charge in [-0.1, -0.05) is 121 Å². The van der Waals surface area contributed by atoms with E-state index in [4.69, 9.17) is 0 Å². The fraction of sp³-hybridized carbons (Fsp3) is 0.111. The zero-order valence-electron chi connectivity index (χ0n) is 32.6. The third kappa shape index (κ3) is 4.43. The molecule has 3 heteroatoms. The Morgan fingerprint density at radius 2 is 0.754 bits per heavy atom. The third-order valence-electron chi connectivity index (χ3n) is 13.5. The molecule has 0 fully saturated rings. The molecule has 2 aliphatic carbocycles.